The van der Waals surface area contributed by atoms with Crippen molar-refractivity contribution in [1.82, 2.24) is 9.91 Å². The highest BCUT2D eigenvalue weighted by Gasteiger charge is 2.34. The molecular formula is C23H35N3O5. The van der Waals surface area contributed by atoms with Gasteiger partial charge in [-0.1, -0.05) is 38.7 Å². The fraction of sp³-hybridized carbons (Fsp3) is 0.696. The number of likely N-dealkylation sites (tertiary alicyclic amines) is 1. The number of aliphatic hydroxyl groups is 1. The third kappa shape index (κ3) is 6.40. The molecule has 172 valence electrons. The fourth-order valence-corrected chi connectivity index (χ4v) is 4.29. The standard InChI is InChI=1S/C23H35N3O5/c1-2-3-4-5-6-9-22(27)26(24-29)19(17-25-12-7-8-13-25)23(28)18-10-11-20-21(16-18)31-15-14-30-20/h10-11,16,19,23,28H,2-9,12-15,17H2,1H3/t19-,23-/m1/s1. The number of hydrogen-bond acceptors (Lipinski definition) is 7. The van der Waals surface area contributed by atoms with Gasteiger partial charge in [0.2, 0.25) is 5.91 Å². The van der Waals surface area contributed by atoms with Crippen molar-refractivity contribution in [2.75, 3.05) is 32.8 Å². The maximum absolute atomic E-state index is 12.8. The first-order valence-corrected chi connectivity index (χ1v) is 11.6. The third-order valence-corrected chi connectivity index (χ3v) is 6.07. The molecule has 0 unspecified atom stereocenters. The van der Waals surface area contributed by atoms with Crippen molar-refractivity contribution in [3.8, 4) is 11.5 Å². The summed E-state index contributed by atoms with van der Waals surface area (Å²) < 4.78 is 11.2. The number of nitroso groups, excluding NO2 is 1. The molecule has 1 aromatic rings. The molecule has 0 aromatic heterocycles. The third-order valence-electron chi connectivity index (χ3n) is 6.07. The molecule has 2 aliphatic heterocycles. The lowest BCUT2D eigenvalue weighted by atomic mass is 10.00. The topological polar surface area (TPSA) is 91.7 Å². The number of rotatable bonds is 12. The van der Waals surface area contributed by atoms with Crippen LogP contribution in [0.15, 0.2) is 23.5 Å². The van der Waals surface area contributed by atoms with Crippen molar-refractivity contribution in [1.29, 1.82) is 0 Å². The van der Waals surface area contributed by atoms with Crippen LogP contribution in [0, 0.1) is 4.91 Å². The number of fused-ring (bicyclic) bond motifs is 1. The molecule has 0 radical (unpaired) electrons. The van der Waals surface area contributed by atoms with Crippen LogP contribution in [-0.4, -0.2) is 59.8 Å². The van der Waals surface area contributed by atoms with Gasteiger partial charge in [-0.3, -0.25) is 4.79 Å². The second kappa shape index (κ2) is 12.0. The maximum Gasteiger partial charge on any atom is 0.245 e. The Morgan fingerprint density at radius 3 is 2.55 bits per heavy atom. The highest BCUT2D eigenvalue weighted by molar-refractivity contribution is 5.76. The van der Waals surface area contributed by atoms with Gasteiger partial charge in [-0.2, -0.15) is 5.01 Å². The Bertz CT molecular complexity index is 723. The highest BCUT2D eigenvalue weighted by atomic mass is 16.6. The average molecular weight is 434 g/mol. The summed E-state index contributed by atoms with van der Waals surface area (Å²) in [5.74, 6) is 0.870. The molecule has 1 amide bonds. The molecular weight excluding hydrogens is 398 g/mol. The summed E-state index contributed by atoms with van der Waals surface area (Å²) in [6.45, 7) is 5.27. The Morgan fingerprint density at radius 1 is 1.13 bits per heavy atom. The first kappa shape index (κ1) is 23.5. The van der Waals surface area contributed by atoms with Crippen LogP contribution in [0.25, 0.3) is 0 Å². The van der Waals surface area contributed by atoms with Crippen LogP contribution in [-0.2, 0) is 4.79 Å². The SMILES string of the molecule is CCCCCCCC(=O)N(N=O)[C@H](CN1CCCC1)[C@H](O)c1ccc2c(c1)OCCO2. The zero-order valence-corrected chi connectivity index (χ0v) is 18.5. The molecule has 1 fully saturated rings. The predicted octanol–water partition coefficient (Wildman–Crippen LogP) is 3.83. The lowest BCUT2D eigenvalue weighted by Crippen LogP contribution is -2.47. The van der Waals surface area contributed by atoms with Gasteiger partial charge in [-0.25, -0.2) is 0 Å². The fourth-order valence-electron chi connectivity index (χ4n) is 4.29. The van der Waals surface area contributed by atoms with E-state index in [1.165, 1.54) is 0 Å². The first-order valence-electron chi connectivity index (χ1n) is 11.6. The minimum Gasteiger partial charge on any atom is -0.486 e. The molecule has 8 heteroatoms. The van der Waals surface area contributed by atoms with E-state index in [9.17, 15) is 14.8 Å². The summed E-state index contributed by atoms with van der Waals surface area (Å²) in [7, 11) is 0. The monoisotopic (exact) mass is 433 g/mol. The van der Waals surface area contributed by atoms with Crippen LogP contribution in [0.4, 0.5) is 0 Å². The number of aliphatic hydroxyl groups excluding tert-OH is 1. The van der Waals surface area contributed by atoms with E-state index in [0.717, 1.165) is 63.0 Å². The molecule has 8 nitrogen and oxygen atoms in total. The molecule has 2 aliphatic rings. The van der Waals surface area contributed by atoms with Gasteiger partial charge in [-0.15, -0.1) is 4.91 Å². The Hall–Kier alpha value is -2.19. The largest absolute Gasteiger partial charge is 0.486 e. The molecule has 1 aromatic carbocycles. The summed E-state index contributed by atoms with van der Waals surface area (Å²) in [5.41, 5.74) is 0.581. The number of unbranched alkanes of at least 4 members (excludes halogenated alkanes) is 4. The molecule has 1 saturated heterocycles. The van der Waals surface area contributed by atoms with Gasteiger partial charge in [0.1, 0.15) is 25.4 Å². The summed E-state index contributed by atoms with van der Waals surface area (Å²) >= 11 is 0. The van der Waals surface area contributed by atoms with Crippen LogP contribution in [0.2, 0.25) is 0 Å². The number of hydrogen-bond donors (Lipinski definition) is 1. The highest BCUT2D eigenvalue weighted by Crippen LogP contribution is 2.34. The van der Waals surface area contributed by atoms with Crippen molar-refractivity contribution >= 4 is 5.91 Å². The number of amides is 1. The molecule has 3 rings (SSSR count). The van der Waals surface area contributed by atoms with Crippen LogP contribution in [0.5, 0.6) is 11.5 Å². The lowest BCUT2D eigenvalue weighted by Gasteiger charge is -2.32. The van der Waals surface area contributed by atoms with Gasteiger partial charge in [0.05, 0.1) is 5.29 Å². The van der Waals surface area contributed by atoms with Gasteiger partial charge in [0, 0.05) is 13.0 Å². The normalized spacial score (nSPS) is 17.9. The lowest BCUT2D eigenvalue weighted by molar-refractivity contribution is -0.137. The van der Waals surface area contributed by atoms with E-state index < -0.39 is 12.1 Å². The quantitative estimate of drug-likeness (QED) is 0.306. The molecule has 0 saturated carbocycles. The Labute approximate surface area is 184 Å². The second-order valence-electron chi connectivity index (χ2n) is 8.41. The van der Waals surface area contributed by atoms with E-state index in [0.29, 0.717) is 36.8 Å². The molecule has 0 aliphatic carbocycles. The van der Waals surface area contributed by atoms with Gasteiger partial charge in [0.25, 0.3) is 0 Å². The Kier molecular flexibility index (Phi) is 9.09. The maximum atomic E-state index is 12.8. The minimum absolute atomic E-state index is 0.264. The van der Waals surface area contributed by atoms with Gasteiger partial charge >= 0.3 is 0 Å². The number of benzene rings is 1. The van der Waals surface area contributed by atoms with E-state index in [4.69, 9.17) is 9.47 Å². The molecule has 2 heterocycles. The van der Waals surface area contributed by atoms with Crippen LogP contribution >= 0.6 is 0 Å². The zero-order valence-electron chi connectivity index (χ0n) is 18.5. The van der Waals surface area contributed by atoms with E-state index in [1.807, 2.05) is 0 Å². The number of carbonyl (C=O) groups is 1. The average Bonchev–Trinajstić information content (AvgIpc) is 3.31. The Balaban J connectivity index is 1.73. The summed E-state index contributed by atoms with van der Waals surface area (Å²) in [6, 6.07) is 4.50. The summed E-state index contributed by atoms with van der Waals surface area (Å²) in [5, 5.41) is 15.3. The minimum atomic E-state index is -1.06. The molecule has 0 bridgehead atoms. The van der Waals surface area contributed by atoms with E-state index in [2.05, 4.69) is 17.1 Å². The number of carbonyl (C=O) groups excluding carboxylic acids is 1. The van der Waals surface area contributed by atoms with Crippen molar-refractivity contribution in [2.24, 2.45) is 5.29 Å². The predicted molar refractivity (Wildman–Crippen MR) is 118 cm³/mol. The van der Waals surface area contributed by atoms with E-state index in [-0.39, 0.29) is 12.3 Å². The smallest absolute Gasteiger partial charge is 0.245 e. The first-order chi connectivity index (χ1) is 15.1. The van der Waals surface area contributed by atoms with Crippen molar-refractivity contribution in [3.05, 3.63) is 28.7 Å². The van der Waals surface area contributed by atoms with Gasteiger partial charge < -0.3 is 19.5 Å². The van der Waals surface area contributed by atoms with Crippen LogP contribution in [0.3, 0.4) is 0 Å². The summed E-state index contributed by atoms with van der Waals surface area (Å²) in [6.07, 6.45) is 6.39. The van der Waals surface area contributed by atoms with Crippen molar-refractivity contribution in [3.63, 3.8) is 0 Å². The number of nitrogens with zero attached hydrogens (tertiary/aromatic N) is 3. The van der Waals surface area contributed by atoms with Gasteiger partial charge in [-0.05, 0) is 50.0 Å². The zero-order chi connectivity index (χ0) is 22.1. The van der Waals surface area contributed by atoms with Gasteiger partial charge in [0.15, 0.2) is 11.5 Å². The van der Waals surface area contributed by atoms with Crippen molar-refractivity contribution in [2.45, 2.75) is 70.4 Å². The summed E-state index contributed by atoms with van der Waals surface area (Å²) in [4.78, 5) is 26.8. The second-order valence-corrected chi connectivity index (χ2v) is 8.41. The molecule has 0 spiro atoms. The Morgan fingerprint density at radius 2 is 1.84 bits per heavy atom. The molecule has 1 N–H and O–H groups in total. The van der Waals surface area contributed by atoms with E-state index >= 15 is 0 Å². The number of ether oxygens (including phenoxy) is 2. The van der Waals surface area contributed by atoms with Crippen LogP contribution in [0.1, 0.15) is 70.0 Å². The van der Waals surface area contributed by atoms with Crippen molar-refractivity contribution < 1.29 is 19.4 Å². The molecule has 2 atom stereocenters. The van der Waals surface area contributed by atoms with E-state index in [1.54, 1.807) is 18.2 Å². The molecule has 31 heavy (non-hydrogen) atoms. The van der Waals surface area contributed by atoms with Crippen LogP contribution < -0.4 is 9.47 Å².